The molecule has 1 radical (unpaired) electrons. The van der Waals surface area contributed by atoms with Gasteiger partial charge < -0.3 is 4.74 Å². The van der Waals surface area contributed by atoms with E-state index >= 15 is 0 Å². The molecule has 0 aromatic heterocycles. The Morgan fingerprint density at radius 2 is 1.78 bits per heavy atom. The van der Waals surface area contributed by atoms with Crippen molar-refractivity contribution < 1.29 is 4.74 Å². The van der Waals surface area contributed by atoms with Crippen LogP contribution in [-0.4, -0.2) is 0 Å². The van der Waals surface area contributed by atoms with Gasteiger partial charge in [-0.3, -0.25) is 0 Å². The Kier molecular flexibility index (Phi) is 5.07. The summed E-state index contributed by atoms with van der Waals surface area (Å²) in [6.45, 7) is 4.16. The second-order valence-electron chi connectivity index (χ2n) is 4.64. The summed E-state index contributed by atoms with van der Waals surface area (Å²) < 4.78 is 5.67. The van der Waals surface area contributed by atoms with Crippen molar-refractivity contribution in [1.29, 1.82) is 0 Å². The molecule has 2 aromatic rings. The molecule has 95 valence electrons. The van der Waals surface area contributed by atoms with Crippen LogP contribution < -0.4 is 4.74 Å². The SMILES string of the molecule is CCCCCC[CH]Oc1ccc2ccccc2c1. The van der Waals surface area contributed by atoms with E-state index in [0.29, 0.717) is 0 Å². The van der Waals surface area contributed by atoms with E-state index in [9.17, 15) is 0 Å². The van der Waals surface area contributed by atoms with Gasteiger partial charge in [0.1, 0.15) is 12.4 Å². The monoisotopic (exact) mass is 241 g/mol. The fraction of sp³-hybridized carbons (Fsp3) is 0.353. The molecule has 0 aliphatic heterocycles. The third-order valence-electron chi connectivity index (χ3n) is 3.12. The van der Waals surface area contributed by atoms with Gasteiger partial charge in [-0.05, 0) is 35.7 Å². The number of hydrogen-bond acceptors (Lipinski definition) is 1. The topological polar surface area (TPSA) is 9.23 Å². The highest BCUT2D eigenvalue weighted by atomic mass is 16.5. The Hall–Kier alpha value is -1.50. The molecule has 0 N–H and O–H groups in total. The summed E-state index contributed by atoms with van der Waals surface area (Å²) in [4.78, 5) is 0. The van der Waals surface area contributed by atoms with Gasteiger partial charge in [0, 0.05) is 0 Å². The Labute approximate surface area is 110 Å². The van der Waals surface area contributed by atoms with Crippen molar-refractivity contribution in [2.75, 3.05) is 0 Å². The molecular weight excluding hydrogens is 220 g/mol. The molecule has 0 saturated carbocycles. The quantitative estimate of drug-likeness (QED) is 0.594. The standard InChI is InChI=1S/C17H21O/c1-2-3-4-5-8-13-18-17-12-11-15-9-6-7-10-16(15)14-17/h6-7,9-14H,2-5,8H2,1H3. The van der Waals surface area contributed by atoms with Crippen LogP contribution in [0.25, 0.3) is 10.8 Å². The van der Waals surface area contributed by atoms with E-state index in [4.69, 9.17) is 4.74 Å². The van der Waals surface area contributed by atoms with E-state index in [1.807, 2.05) is 12.7 Å². The van der Waals surface area contributed by atoms with E-state index in [1.165, 1.54) is 36.5 Å². The molecule has 0 unspecified atom stereocenters. The van der Waals surface area contributed by atoms with E-state index in [0.717, 1.165) is 12.2 Å². The highest BCUT2D eigenvalue weighted by Gasteiger charge is 1.97. The van der Waals surface area contributed by atoms with Gasteiger partial charge in [0.15, 0.2) is 0 Å². The van der Waals surface area contributed by atoms with Crippen LogP contribution in [0, 0.1) is 6.61 Å². The lowest BCUT2D eigenvalue weighted by atomic mass is 10.1. The Balaban J connectivity index is 1.81. The molecule has 0 aliphatic carbocycles. The summed E-state index contributed by atoms with van der Waals surface area (Å²) >= 11 is 0. The van der Waals surface area contributed by atoms with Crippen molar-refractivity contribution >= 4 is 10.8 Å². The van der Waals surface area contributed by atoms with Crippen molar-refractivity contribution in [3.05, 3.63) is 49.1 Å². The molecule has 0 atom stereocenters. The molecule has 18 heavy (non-hydrogen) atoms. The fourth-order valence-corrected chi connectivity index (χ4v) is 2.05. The molecule has 0 fully saturated rings. The summed E-state index contributed by atoms with van der Waals surface area (Å²) in [5.74, 6) is 0.934. The van der Waals surface area contributed by atoms with Gasteiger partial charge in [0.05, 0.1) is 0 Å². The predicted octanol–water partition coefficient (Wildman–Crippen LogP) is 5.35. The minimum atomic E-state index is 0.934. The highest BCUT2D eigenvalue weighted by Crippen LogP contribution is 2.21. The van der Waals surface area contributed by atoms with Gasteiger partial charge in [-0.15, -0.1) is 0 Å². The summed E-state index contributed by atoms with van der Waals surface area (Å²) in [5.41, 5.74) is 0. The molecule has 1 heteroatoms. The maximum Gasteiger partial charge on any atom is 0.135 e. The highest BCUT2D eigenvalue weighted by molar-refractivity contribution is 5.83. The minimum Gasteiger partial charge on any atom is -0.487 e. The van der Waals surface area contributed by atoms with Crippen molar-refractivity contribution in [3.63, 3.8) is 0 Å². The van der Waals surface area contributed by atoms with Crippen molar-refractivity contribution in [1.82, 2.24) is 0 Å². The largest absolute Gasteiger partial charge is 0.487 e. The van der Waals surface area contributed by atoms with Gasteiger partial charge in [0.2, 0.25) is 0 Å². The van der Waals surface area contributed by atoms with Gasteiger partial charge in [-0.25, -0.2) is 0 Å². The molecular formula is C17H21O. The molecule has 1 nitrogen and oxygen atoms in total. The Bertz CT molecular complexity index is 476. The van der Waals surface area contributed by atoms with Crippen LogP contribution in [0.5, 0.6) is 5.75 Å². The molecule has 0 amide bonds. The van der Waals surface area contributed by atoms with Crippen molar-refractivity contribution in [3.8, 4) is 5.75 Å². The first-order chi connectivity index (χ1) is 8.90. The number of ether oxygens (including phenoxy) is 1. The zero-order valence-electron chi connectivity index (χ0n) is 11.1. The van der Waals surface area contributed by atoms with Gasteiger partial charge in [-0.1, -0.05) is 56.5 Å². The summed E-state index contributed by atoms with van der Waals surface area (Å²) in [7, 11) is 0. The van der Waals surface area contributed by atoms with Gasteiger partial charge in [0.25, 0.3) is 0 Å². The van der Waals surface area contributed by atoms with Crippen LogP contribution in [0.4, 0.5) is 0 Å². The van der Waals surface area contributed by atoms with E-state index in [1.54, 1.807) is 0 Å². The number of unbranched alkanes of at least 4 members (excludes halogenated alkanes) is 4. The second kappa shape index (κ2) is 7.05. The first kappa shape index (κ1) is 12.9. The number of hydrogen-bond donors (Lipinski definition) is 0. The molecule has 0 aliphatic rings. The lowest BCUT2D eigenvalue weighted by molar-refractivity contribution is 0.384. The van der Waals surface area contributed by atoms with Crippen LogP contribution in [0.1, 0.15) is 39.0 Å². The van der Waals surface area contributed by atoms with Crippen LogP contribution in [0.2, 0.25) is 0 Å². The molecule has 0 spiro atoms. The zero-order chi connectivity index (χ0) is 12.6. The van der Waals surface area contributed by atoms with E-state index < -0.39 is 0 Å². The van der Waals surface area contributed by atoms with Crippen molar-refractivity contribution in [2.45, 2.75) is 39.0 Å². The normalized spacial score (nSPS) is 10.7. The molecule has 2 aromatic carbocycles. The smallest absolute Gasteiger partial charge is 0.135 e. The zero-order valence-corrected chi connectivity index (χ0v) is 11.1. The van der Waals surface area contributed by atoms with E-state index in [2.05, 4.69) is 43.3 Å². The molecule has 0 heterocycles. The number of rotatable bonds is 7. The summed E-state index contributed by atoms with van der Waals surface area (Å²) in [6, 6.07) is 14.6. The maximum atomic E-state index is 5.67. The van der Waals surface area contributed by atoms with Gasteiger partial charge >= 0.3 is 0 Å². The van der Waals surface area contributed by atoms with Crippen LogP contribution >= 0.6 is 0 Å². The molecule has 0 bridgehead atoms. The second-order valence-corrected chi connectivity index (χ2v) is 4.64. The van der Waals surface area contributed by atoms with Crippen LogP contribution in [-0.2, 0) is 0 Å². The number of fused-ring (bicyclic) bond motifs is 1. The lowest BCUT2D eigenvalue weighted by Gasteiger charge is -2.06. The predicted molar refractivity (Wildman–Crippen MR) is 77.6 cm³/mol. The summed E-state index contributed by atoms with van der Waals surface area (Å²) in [6.07, 6.45) is 6.16. The first-order valence-electron chi connectivity index (χ1n) is 6.87. The van der Waals surface area contributed by atoms with Crippen LogP contribution in [0.3, 0.4) is 0 Å². The summed E-state index contributed by atoms with van der Waals surface area (Å²) in [5, 5.41) is 2.49. The van der Waals surface area contributed by atoms with Crippen molar-refractivity contribution in [2.24, 2.45) is 0 Å². The lowest BCUT2D eigenvalue weighted by Crippen LogP contribution is -1.90. The van der Waals surface area contributed by atoms with Gasteiger partial charge in [-0.2, -0.15) is 0 Å². The average Bonchev–Trinajstić information content (AvgIpc) is 2.42. The molecule has 2 rings (SSSR count). The third-order valence-corrected chi connectivity index (χ3v) is 3.12. The maximum absolute atomic E-state index is 5.67. The Morgan fingerprint density at radius 1 is 0.944 bits per heavy atom. The third kappa shape index (κ3) is 3.76. The van der Waals surface area contributed by atoms with Crippen LogP contribution in [0.15, 0.2) is 42.5 Å². The first-order valence-corrected chi connectivity index (χ1v) is 6.87. The Morgan fingerprint density at radius 3 is 2.61 bits per heavy atom. The fourth-order valence-electron chi connectivity index (χ4n) is 2.05. The van der Waals surface area contributed by atoms with E-state index in [-0.39, 0.29) is 0 Å². The minimum absolute atomic E-state index is 0.934. The number of benzene rings is 2. The molecule has 0 saturated heterocycles. The average molecular weight is 241 g/mol.